The van der Waals surface area contributed by atoms with Crippen molar-refractivity contribution < 1.29 is 0 Å². The summed E-state index contributed by atoms with van der Waals surface area (Å²) in [6, 6.07) is 0. The van der Waals surface area contributed by atoms with Gasteiger partial charge in [-0.05, 0) is 49.9 Å². The van der Waals surface area contributed by atoms with E-state index in [0.717, 1.165) is 10.8 Å². The minimum absolute atomic E-state index is 0.751. The van der Waals surface area contributed by atoms with Crippen molar-refractivity contribution in [2.45, 2.75) is 39.0 Å². The lowest BCUT2D eigenvalue weighted by Crippen LogP contribution is -1.98. The second kappa shape index (κ2) is 1.22. The highest BCUT2D eigenvalue weighted by Crippen LogP contribution is 2.70. The van der Waals surface area contributed by atoms with E-state index in [1.54, 1.807) is 5.57 Å². The zero-order valence-electron chi connectivity index (χ0n) is 6.61. The molecule has 2 spiro atoms. The van der Waals surface area contributed by atoms with E-state index in [-0.39, 0.29) is 0 Å². The van der Waals surface area contributed by atoms with Gasteiger partial charge >= 0.3 is 0 Å². The number of allylic oxidation sites excluding steroid dienone is 2. The Kier molecular flexibility index (Phi) is 0.657. The molecule has 0 N–H and O–H groups in total. The molecule has 0 aromatic rings. The maximum Gasteiger partial charge on any atom is -0.00818 e. The van der Waals surface area contributed by atoms with Crippen molar-refractivity contribution in [1.29, 1.82) is 0 Å². The molecule has 0 heteroatoms. The molecule has 0 atom stereocenters. The quantitative estimate of drug-likeness (QED) is 0.447. The minimum atomic E-state index is 0.751. The van der Waals surface area contributed by atoms with Gasteiger partial charge in [0.1, 0.15) is 0 Å². The molecule has 0 heterocycles. The van der Waals surface area contributed by atoms with E-state index >= 15 is 0 Å². The lowest BCUT2D eigenvalue weighted by molar-refractivity contribution is 0.488. The third-order valence-electron chi connectivity index (χ3n) is 3.80. The van der Waals surface area contributed by atoms with E-state index in [0.29, 0.717) is 0 Å². The average Bonchev–Trinajstić information content (AvgIpc) is 2.69. The first-order valence-electron chi connectivity index (χ1n) is 4.45. The molecule has 3 rings (SSSR count). The number of hydrogen-bond acceptors (Lipinski definition) is 0. The van der Waals surface area contributed by atoms with Crippen LogP contribution in [0.15, 0.2) is 11.6 Å². The van der Waals surface area contributed by atoms with Crippen LogP contribution in [0.25, 0.3) is 0 Å². The summed E-state index contributed by atoms with van der Waals surface area (Å²) in [5.41, 5.74) is 3.24. The summed E-state index contributed by atoms with van der Waals surface area (Å²) >= 11 is 0. The summed E-state index contributed by atoms with van der Waals surface area (Å²) < 4.78 is 0. The molecule has 10 heavy (non-hydrogen) atoms. The Bertz CT molecular complexity index is 214. The number of rotatable bonds is 0. The van der Waals surface area contributed by atoms with Gasteiger partial charge in [0.2, 0.25) is 0 Å². The van der Waals surface area contributed by atoms with E-state index in [1.165, 1.54) is 32.1 Å². The van der Waals surface area contributed by atoms with Crippen LogP contribution in [-0.2, 0) is 0 Å². The maximum absolute atomic E-state index is 2.58. The molecule has 2 saturated carbocycles. The lowest BCUT2D eigenvalue weighted by atomic mass is 9.96. The van der Waals surface area contributed by atoms with Crippen LogP contribution in [-0.4, -0.2) is 0 Å². The van der Waals surface area contributed by atoms with Gasteiger partial charge < -0.3 is 0 Å². The van der Waals surface area contributed by atoms with Crippen LogP contribution in [0.1, 0.15) is 39.0 Å². The van der Waals surface area contributed by atoms with E-state index < -0.39 is 0 Å². The van der Waals surface area contributed by atoms with Crippen molar-refractivity contribution in [2.24, 2.45) is 10.8 Å². The van der Waals surface area contributed by atoms with Crippen LogP contribution >= 0.6 is 0 Å². The summed E-state index contributed by atoms with van der Waals surface area (Å²) in [4.78, 5) is 0. The smallest absolute Gasteiger partial charge is 0.00818 e. The predicted molar refractivity (Wildman–Crippen MR) is 41.7 cm³/mol. The van der Waals surface area contributed by atoms with Gasteiger partial charge in [-0.2, -0.15) is 0 Å². The van der Waals surface area contributed by atoms with E-state index in [9.17, 15) is 0 Å². The Labute approximate surface area is 62.3 Å². The molecule has 2 fully saturated rings. The Morgan fingerprint density at radius 1 is 1.20 bits per heavy atom. The van der Waals surface area contributed by atoms with Crippen LogP contribution < -0.4 is 0 Å². The van der Waals surface area contributed by atoms with Gasteiger partial charge in [0.15, 0.2) is 0 Å². The molecule has 0 radical (unpaired) electrons. The Balaban J connectivity index is 2.01. The molecular formula is C10H14. The Morgan fingerprint density at radius 3 is 2.20 bits per heavy atom. The highest BCUT2D eigenvalue weighted by Gasteiger charge is 2.58. The number of hydrogen-bond donors (Lipinski definition) is 0. The van der Waals surface area contributed by atoms with Crippen LogP contribution in [0.3, 0.4) is 0 Å². The second-order valence-corrected chi connectivity index (χ2v) is 4.65. The van der Waals surface area contributed by atoms with Crippen LogP contribution in [0, 0.1) is 10.8 Å². The predicted octanol–water partition coefficient (Wildman–Crippen LogP) is 2.90. The molecule has 0 aromatic carbocycles. The fraction of sp³-hybridized carbons (Fsp3) is 0.800. The fourth-order valence-electron chi connectivity index (χ4n) is 2.68. The zero-order chi connectivity index (χ0) is 6.82. The average molecular weight is 134 g/mol. The summed E-state index contributed by atoms with van der Waals surface area (Å²) in [5, 5.41) is 0. The van der Waals surface area contributed by atoms with Crippen molar-refractivity contribution in [3.63, 3.8) is 0 Å². The maximum atomic E-state index is 2.58. The fourth-order valence-corrected chi connectivity index (χ4v) is 2.68. The van der Waals surface area contributed by atoms with Crippen molar-refractivity contribution in [3.8, 4) is 0 Å². The summed E-state index contributed by atoms with van der Waals surface area (Å²) in [7, 11) is 0. The highest BCUT2D eigenvalue weighted by atomic mass is 14.6. The normalized spacial score (nSPS) is 36.7. The van der Waals surface area contributed by atoms with Crippen molar-refractivity contribution in [2.75, 3.05) is 0 Å². The topological polar surface area (TPSA) is 0 Å². The minimum Gasteiger partial charge on any atom is -0.0788 e. The van der Waals surface area contributed by atoms with Crippen LogP contribution in [0.4, 0.5) is 0 Å². The molecule has 3 aliphatic rings. The molecule has 3 aliphatic carbocycles. The monoisotopic (exact) mass is 134 g/mol. The summed E-state index contributed by atoms with van der Waals surface area (Å²) in [6.45, 7) is 2.35. The van der Waals surface area contributed by atoms with Gasteiger partial charge in [0.05, 0.1) is 0 Å². The first kappa shape index (κ1) is 5.40. The van der Waals surface area contributed by atoms with Gasteiger partial charge in [0.25, 0.3) is 0 Å². The molecule has 0 aromatic heterocycles. The third-order valence-corrected chi connectivity index (χ3v) is 3.80. The molecule has 0 unspecified atom stereocenters. The Morgan fingerprint density at radius 2 is 1.90 bits per heavy atom. The molecular weight excluding hydrogens is 120 g/mol. The van der Waals surface area contributed by atoms with Crippen LogP contribution in [0.2, 0.25) is 0 Å². The van der Waals surface area contributed by atoms with Crippen molar-refractivity contribution in [1.82, 2.24) is 0 Å². The second-order valence-electron chi connectivity index (χ2n) is 4.65. The molecule has 54 valence electrons. The third kappa shape index (κ3) is 0.492. The Hall–Kier alpha value is -0.260. The largest absolute Gasteiger partial charge is 0.0788 e. The molecule has 0 nitrogen and oxygen atoms in total. The van der Waals surface area contributed by atoms with Gasteiger partial charge in [-0.15, -0.1) is 0 Å². The summed E-state index contributed by atoms with van der Waals surface area (Å²) in [5.74, 6) is 0. The van der Waals surface area contributed by atoms with Crippen LogP contribution in [0.5, 0.6) is 0 Å². The van der Waals surface area contributed by atoms with Gasteiger partial charge in [-0.3, -0.25) is 0 Å². The van der Waals surface area contributed by atoms with E-state index in [2.05, 4.69) is 13.0 Å². The van der Waals surface area contributed by atoms with E-state index in [4.69, 9.17) is 0 Å². The molecule has 0 aliphatic heterocycles. The summed E-state index contributed by atoms with van der Waals surface area (Å²) in [6.07, 6.45) is 10.1. The van der Waals surface area contributed by atoms with Crippen molar-refractivity contribution in [3.05, 3.63) is 11.6 Å². The molecule has 0 saturated heterocycles. The van der Waals surface area contributed by atoms with Gasteiger partial charge in [-0.25, -0.2) is 0 Å². The van der Waals surface area contributed by atoms with Crippen molar-refractivity contribution >= 4 is 0 Å². The first-order chi connectivity index (χ1) is 4.75. The standard InChI is InChI=1S/C10H14/c1-8-6-9(2-3-9)7-10(8)4-5-10/h6H,2-5,7H2,1H3. The highest BCUT2D eigenvalue weighted by molar-refractivity contribution is 5.33. The van der Waals surface area contributed by atoms with Gasteiger partial charge in [-0.1, -0.05) is 11.6 Å². The van der Waals surface area contributed by atoms with Gasteiger partial charge in [0, 0.05) is 0 Å². The van der Waals surface area contributed by atoms with E-state index in [1.807, 2.05) is 0 Å². The zero-order valence-corrected chi connectivity index (χ0v) is 6.61. The SMILES string of the molecule is CC1=CC2(CC2)CC12CC2. The first-order valence-corrected chi connectivity index (χ1v) is 4.45. The molecule has 0 amide bonds. The molecule has 0 bridgehead atoms. The lowest BCUT2D eigenvalue weighted by Gasteiger charge is -2.08.